The lowest BCUT2D eigenvalue weighted by Crippen LogP contribution is -2.49. The molecule has 1 saturated heterocycles. The highest BCUT2D eigenvalue weighted by atomic mass is 16.5. The maximum Gasteiger partial charge on any atom is 0.227 e. The van der Waals surface area contributed by atoms with E-state index in [1.165, 1.54) is 5.56 Å². The van der Waals surface area contributed by atoms with Crippen molar-refractivity contribution in [3.63, 3.8) is 0 Å². The van der Waals surface area contributed by atoms with Crippen LogP contribution in [-0.2, 0) is 11.2 Å². The van der Waals surface area contributed by atoms with E-state index in [1.54, 1.807) is 0 Å². The number of nitrogens with zero attached hydrogens (tertiary/aromatic N) is 2. The normalized spacial score (nSPS) is 18.5. The summed E-state index contributed by atoms with van der Waals surface area (Å²) in [5.74, 6) is 0.863. The lowest BCUT2D eigenvalue weighted by atomic mass is 10.0. The number of benzene rings is 1. The number of hydrogen-bond donors (Lipinski definition) is 1. The average molecular weight is 299 g/mol. The summed E-state index contributed by atoms with van der Waals surface area (Å²) in [5, 5.41) is 7.31. The maximum absolute atomic E-state index is 12.8. The van der Waals surface area contributed by atoms with Gasteiger partial charge in [-0.15, -0.1) is 0 Å². The van der Waals surface area contributed by atoms with E-state index < -0.39 is 0 Å². The summed E-state index contributed by atoms with van der Waals surface area (Å²) in [6, 6.07) is 10.3. The van der Waals surface area contributed by atoms with Gasteiger partial charge < -0.3 is 14.7 Å². The topological polar surface area (TPSA) is 58.4 Å². The SMILES string of the molecule is Cc1noc(C)c1CC(=O)N1CCNCC1c1ccccc1. The van der Waals surface area contributed by atoms with Crippen molar-refractivity contribution in [2.75, 3.05) is 19.6 Å². The molecule has 0 radical (unpaired) electrons. The van der Waals surface area contributed by atoms with Crippen LogP contribution in [0.2, 0.25) is 0 Å². The Morgan fingerprint density at radius 2 is 2.14 bits per heavy atom. The molecular formula is C17H21N3O2. The molecule has 1 N–H and O–H groups in total. The van der Waals surface area contributed by atoms with Crippen LogP contribution in [0.5, 0.6) is 0 Å². The third-order valence-corrected chi connectivity index (χ3v) is 4.26. The van der Waals surface area contributed by atoms with Crippen molar-refractivity contribution < 1.29 is 9.32 Å². The minimum Gasteiger partial charge on any atom is -0.361 e. The number of hydrogen-bond acceptors (Lipinski definition) is 4. The quantitative estimate of drug-likeness (QED) is 0.942. The molecule has 1 atom stereocenters. The Morgan fingerprint density at radius 3 is 2.82 bits per heavy atom. The molecule has 0 bridgehead atoms. The predicted molar refractivity (Wildman–Crippen MR) is 83.4 cm³/mol. The van der Waals surface area contributed by atoms with Crippen molar-refractivity contribution in [3.05, 3.63) is 52.9 Å². The van der Waals surface area contributed by atoms with Crippen LogP contribution >= 0.6 is 0 Å². The van der Waals surface area contributed by atoms with Gasteiger partial charge in [0.05, 0.1) is 18.2 Å². The summed E-state index contributed by atoms with van der Waals surface area (Å²) in [5.41, 5.74) is 2.88. The van der Waals surface area contributed by atoms with Gasteiger partial charge in [-0.25, -0.2) is 0 Å². The molecule has 1 fully saturated rings. The summed E-state index contributed by atoms with van der Waals surface area (Å²) in [4.78, 5) is 14.8. The van der Waals surface area contributed by atoms with Gasteiger partial charge in [-0.05, 0) is 19.4 Å². The van der Waals surface area contributed by atoms with Crippen LogP contribution in [0.25, 0.3) is 0 Å². The Bertz CT molecular complexity index is 632. The summed E-state index contributed by atoms with van der Waals surface area (Å²) in [6.07, 6.45) is 0.352. The van der Waals surface area contributed by atoms with E-state index in [-0.39, 0.29) is 11.9 Å². The van der Waals surface area contributed by atoms with Gasteiger partial charge in [0.25, 0.3) is 0 Å². The first-order valence-corrected chi connectivity index (χ1v) is 7.63. The molecule has 2 heterocycles. The molecule has 22 heavy (non-hydrogen) atoms. The van der Waals surface area contributed by atoms with Crippen molar-refractivity contribution in [2.45, 2.75) is 26.3 Å². The van der Waals surface area contributed by atoms with Gasteiger partial charge in [-0.3, -0.25) is 4.79 Å². The first kappa shape index (κ1) is 14.8. The van der Waals surface area contributed by atoms with Gasteiger partial charge in [-0.2, -0.15) is 0 Å². The fourth-order valence-corrected chi connectivity index (χ4v) is 2.98. The second-order valence-electron chi connectivity index (χ2n) is 5.70. The second-order valence-corrected chi connectivity index (χ2v) is 5.70. The highest BCUT2D eigenvalue weighted by Crippen LogP contribution is 2.24. The first-order chi connectivity index (χ1) is 10.7. The Kier molecular flexibility index (Phi) is 4.24. The molecule has 1 aliphatic heterocycles. The Morgan fingerprint density at radius 1 is 1.36 bits per heavy atom. The molecule has 1 unspecified atom stereocenters. The molecule has 0 spiro atoms. The molecule has 0 aliphatic carbocycles. The maximum atomic E-state index is 12.8. The first-order valence-electron chi connectivity index (χ1n) is 7.63. The second kappa shape index (κ2) is 6.32. The Hall–Kier alpha value is -2.14. The zero-order chi connectivity index (χ0) is 15.5. The van der Waals surface area contributed by atoms with Gasteiger partial charge in [0.1, 0.15) is 5.76 Å². The van der Waals surface area contributed by atoms with Crippen molar-refractivity contribution in [3.8, 4) is 0 Å². The highest BCUT2D eigenvalue weighted by molar-refractivity contribution is 5.80. The summed E-state index contributed by atoms with van der Waals surface area (Å²) >= 11 is 0. The summed E-state index contributed by atoms with van der Waals surface area (Å²) in [6.45, 7) is 6.08. The lowest BCUT2D eigenvalue weighted by molar-refractivity contribution is -0.133. The molecule has 1 aromatic carbocycles. The Balaban J connectivity index is 1.80. The summed E-state index contributed by atoms with van der Waals surface area (Å²) in [7, 11) is 0. The molecule has 0 saturated carbocycles. The minimum absolute atomic E-state index is 0.0860. The van der Waals surface area contributed by atoms with Crippen molar-refractivity contribution >= 4 is 5.91 Å². The van der Waals surface area contributed by atoms with Crippen LogP contribution in [0.3, 0.4) is 0 Å². The molecule has 116 valence electrons. The molecule has 5 nitrogen and oxygen atoms in total. The van der Waals surface area contributed by atoms with Crippen molar-refractivity contribution in [1.29, 1.82) is 0 Å². The highest BCUT2D eigenvalue weighted by Gasteiger charge is 2.28. The molecule has 2 aromatic rings. The van der Waals surface area contributed by atoms with E-state index in [2.05, 4.69) is 22.6 Å². The van der Waals surface area contributed by atoms with Crippen molar-refractivity contribution in [2.24, 2.45) is 0 Å². The number of carbonyl (C=O) groups excluding carboxylic acids is 1. The molecule has 1 aliphatic rings. The number of aryl methyl sites for hydroxylation is 2. The van der Waals surface area contributed by atoms with Crippen LogP contribution in [0, 0.1) is 13.8 Å². The predicted octanol–water partition coefficient (Wildman–Crippen LogP) is 2.01. The van der Waals surface area contributed by atoms with Gasteiger partial charge in [0, 0.05) is 25.2 Å². The fraction of sp³-hybridized carbons (Fsp3) is 0.412. The fourth-order valence-electron chi connectivity index (χ4n) is 2.98. The van der Waals surface area contributed by atoms with Gasteiger partial charge in [0.2, 0.25) is 5.91 Å². The number of amides is 1. The van der Waals surface area contributed by atoms with Gasteiger partial charge >= 0.3 is 0 Å². The van der Waals surface area contributed by atoms with Crippen LogP contribution in [-0.4, -0.2) is 35.6 Å². The minimum atomic E-state index is 0.0860. The molecule has 1 amide bonds. The number of aromatic nitrogens is 1. The van der Waals surface area contributed by atoms with E-state index >= 15 is 0 Å². The van der Waals surface area contributed by atoms with E-state index in [0.717, 1.165) is 36.7 Å². The zero-order valence-electron chi connectivity index (χ0n) is 13.0. The summed E-state index contributed by atoms with van der Waals surface area (Å²) < 4.78 is 5.16. The van der Waals surface area contributed by atoms with Gasteiger partial charge in [0.15, 0.2) is 0 Å². The number of nitrogens with one attached hydrogen (secondary N) is 1. The zero-order valence-corrected chi connectivity index (χ0v) is 13.0. The van der Waals surface area contributed by atoms with Gasteiger partial charge in [-0.1, -0.05) is 35.5 Å². The van der Waals surface area contributed by atoms with Crippen LogP contribution < -0.4 is 5.32 Å². The van der Waals surface area contributed by atoms with Crippen LogP contribution in [0.4, 0.5) is 0 Å². The average Bonchev–Trinajstić information content (AvgIpc) is 2.87. The van der Waals surface area contributed by atoms with E-state index in [1.807, 2.05) is 36.9 Å². The van der Waals surface area contributed by atoms with E-state index in [0.29, 0.717) is 6.42 Å². The van der Waals surface area contributed by atoms with Crippen LogP contribution in [0.15, 0.2) is 34.9 Å². The monoisotopic (exact) mass is 299 g/mol. The van der Waals surface area contributed by atoms with E-state index in [9.17, 15) is 4.79 Å². The molecule has 3 rings (SSSR count). The smallest absolute Gasteiger partial charge is 0.227 e. The van der Waals surface area contributed by atoms with E-state index in [4.69, 9.17) is 4.52 Å². The third kappa shape index (κ3) is 2.90. The third-order valence-electron chi connectivity index (χ3n) is 4.26. The number of carbonyl (C=O) groups is 1. The van der Waals surface area contributed by atoms with Crippen LogP contribution in [0.1, 0.15) is 28.6 Å². The number of rotatable bonds is 3. The standard InChI is InChI=1S/C17H21N3O2/c1-12-15(13(2)22-19-12)10-17(21)20-9-8-18-11-16(20)14-6-4-3-5-7-14/h3-7,16,18H,8-11H2,1-2H3. The lowest BCUT2D eigenvalue weighted by Gasteiger charge is -2.36. The molecule has 5 heteroatoms. The molecular weight excluding hydrogens is 278 g/mol. The molecule has 1 aromatic heterocycles. The largest absolute Gasteiger partial charge is 0.361 e. The number of piperazine rings is 1. The van der Waals surface area contributed by atoms with Crippen molar-refractivity contribution in [1.82, 2.24) is 15.4 Å². The Labute approximate surface area is 130 Å².